The van der Waals surface area contributed by atoms with Gasteiger partial charge in [-0.2, -0.15) is 0 Å². The number of alkyl halides is 1. The summed E-state index contributed by atoms with van der Waals surface area (Å²) in [4.78, 5) is 20.2. The fourth-order valence-corrected chi connectivity index (χ4v) is 2.97. The van der Waals surface area contributed by atoms with Crippen LogP contribution in [0.3, 0.4) is 0 Å². The molecule has 122 valence electrons. The highest BCUT2D eigenvalue weighted by Crippen LogP contribution is 2.26. The second kappa shape index (κ2) is 5.96. The van der Waals surface area contributed by atoms with Crippen LogP contribution in [0.2, 0.25) is 0 Å². The molecule has 7 heteroatoms. The molecule has 0 spiro atoms. The van der Waals surface area contributed by atoms with Gasteiger partial charge in [0.15, 0.2) is 5.69 Å². The molecule has 22 heavy (non-hydrogen) atoms. The molecule has 2 aliphatic heterocycles. The van der Waals surface area contributed by atoms with Gasteiger partial charge in [-0.15, -0.1) is 0 Å². The Balaban J connectivity index is 1.57. The van der Waals surface area contributed by atoms with Gasteiger partial charge in [0, 0.05) is 26.2 Å². The van der Waals surface area contributed by atoms with E-state index < -0.39 is 5.67 Å². The molecule has 1 N–H and O–H groups in total. The fourth-order valence-electron chi connectivity index (χ4n) is 2.97. The molecule has 3 rings (SSSR count). The molecule has 2 saturated heterocycles. The molecule has 1 aromatic rings. The van der Waals surface area contributed by atoms with E-state index in [1.54, 1.807) is 11.8 Å². The first kappa shape index (κ1) is 15.4. The number of aromatic nitrogens is 1. The van der Waals surface area contributed by atoms with Crippen LogP contribution in [0.5, 0.6) is 0 Å². The summed E-state index contributed by atoms with van der Waals surface area (Å²) < 4.78 is 19.1. The first-order valence-corrected chi connectivity index (χ1v) is 7.76. The fraction of sp³-hybridized carbons (Fsp3) is 0.733. The zero-order chi connectivity index (χ0) is 15.7. The molecular weight excluding hydrogens is 289 g/mol. The number of rotatable bonds is 3. The normalized spacial score (nSPS) is 25.6. The van der Waals surface area contributed by atoms with Crippen molar-refractivity contribution in [2.45, 2.75) is 44.5 Å². The van der Waals surface area contributed by atoms with Crippen molar-refractivity contribution < 1.29 is 18.7 Å². The van der Waals surface area contributed by atoms with Gasteiger partial charge in [-0.3, -0.25) is 9.69 Å². The molecule has 1 aromatic heterocycles. The Morgan fingerprint density at radius 1 is 1.50 bits per heavy atom. The molecule has 0 bridgehead atoms. The van der Waals surface area contributed by atoms with Gasteiger partial charge in [0.05, 0.1) is 12.6 Å². The number of carbonyl (C=O) groups excluding carboxylic acids is 1. The van der Waals surface area contributed by atoms with Crippen LogP contribution >= 0.6 is 0 Å². The topological polar surface area (TPSA) is 69.8 Å². The van der Waals surface area contributed by atoms with E-state index in [4.69, 9.17) is 4.42 Å². The minimum atomic E-state index is -1.18. The monoisotopic (exact) mass is 311 g/mol. The number of hydrogen-bond acceptors (Lipinski definition) is 5. The summed E-state index contributed by atoms with van der Waals surface area (Å²) in [5.41, 5.74) is -0.903. The number of β-amino-alcohol motifs (C(OH)–C–C–N with tert-alkyl or cyclic N) is 1. The highest BCUT2D eigenvalue weighted by atomic mass is 19.1. The van der Waals surface area contributed by atoms with Crippen LogP contribution in [0.1, 0.15) is 42.6 Å². The van der Waals surface area contributed by atoms with E-state index in [9.17, 15) is 14.3 Å². The van der Waals surface area contributed by atoms with E-state index in [1.807, 2.05) is 4.90 Å². The lowest BCUT2D eigenvalue weighted by Gasteiger charge is -2.33. The van der Waals surface area contributed by atoms with Crippen molar-refractivity contribution in [2.24, 2.45) is 0 Å². The largest absolute Gasteiger partial charge is 0.447 e. The molecule has 2 aliphatic rings. The van der Waals surface area contributed by atoms with Gasteiger partial charge in [0.2, 0.25) is 5.89 Å². The summed E-state index contributed by atoms with van der Waals surface area (Å²) in [6.45, 7) is 4.29. The molecule has 0 aromatic carbocycles. The average molecular weight is 311 g/mol. The van der Waals surface area contributed by atoms with Gasteiger partial charge in [-0.05, 0) is 26.2 Å². The van der Waals surface area contributed by atoms with Gasteiger partial charge in [0.25, 0.3) is 5.91 Å². The Labute approximate surface area is 128 Å². The second-order valence-corrected chi connectivity index (χ2v) is 6.51. The maximum absolute atomic E-state index is 13.8. The third-order valence-electron chi connectivity index (χ3n) is 4.47. The molecule has 1 unspecified atom stereocenters. The van der Waals surface area contributed by atoms with Crippen molar-refractivity contribution in [3.63, 3.8) is 0 Å². The van der Waals surface area contributed by atoms with Gasteiger partial charge >= 0.3 is 0 Å². The lowest BCUT2D eigenvalue weighted by Crippen LogP contribution is -2.43. The van der Waals surface area contributed by atoms with Crippen molar-refractivity contribution in [2.75, 3.05) is 26.2 Å². The van der Waals surface area contributed by atoms with E-state index in [1.165, 1.54) is 6.26 Å². The van der Waals surface area contributed by atoms with Crippen LogP contribution in [-0.2, 0) is 6.54 Å². The van der Waals surface area contributed by atoms with Crippen LogP contribution in [0.4, 0.5) is 4.39 Å². The van der Waals surface area contributed by atoms with E-state index >= 15 is 0 Å². The van der Waals surface area contributed by atoms with Crippen molar-refractivity contribution in [3.05, 3.63) is 17.8 Å². The molecule has 1 amide bonds. The predicted octanol–water partition coefficient (Wildman–Crippen LogP) is 1.21. The molecular formula is C15H22FN3O3. The smallest absolute Gasteiger partial charge is 0.275 e. The standard InChI is InChI=1S/C15H22FN3O3/c1-15(16)3-6-19(7-4-15)14(21)12-10-22-13(17-12)9-18-5-2-11(20)8-18/h10-11,20H,2-9H2,1H3. The number of oxazole rings is 1. The van der Waals surface area contributed by atoms with Crippen molar-refractivity contribution >= 4 is 5.91 Å². The van der Waals surface area contributed by atoms with Crippen molar-refractivity contribution in [3.8, 4) is 0 Å². The Hall–Kier alpha value is -1.47. The molecule has 3 heterocycles. The molecule has 2 fully saturated rings. The number of amides is 1. The van der Waals surface area contributed by atoms with Crippen LogP contribution in [0.15, 0.2) is 10.7 Å². The van der Waals surface area contributed by atoms with Crippen LogP contribution in [0.25, 0.3) is 0 Å². The molecule has 6 nitrogen and oxygen atoms in total. The molecule has 0 radical (unpaired) electrons. The van der Waals surface area contributed by atoms with Crippen LogP contribution in [0, 0.1) is 0 Å². The predicted molar refractivity (Wildman–Crippen MR) is 77.1 cm³/mol. The van der Waals surface area contributed by atoms with Gasteiger partial charge in [0.1, 0.15) is 11.9 Å². The lowest BCUT2D eigenvalue weighted by atomic mass is 9.95. The summed E-state index contributed by atoms with van der Waals surface area (Å²) >= 11 is 0. The highest BCUT2D eigenvalue weighted by Gasteiger charge is 2.32. The minimum absolute atomic E-state index is 0.202. The number of aliphatic hydroxyl groups excluding tert-OH is 1. The number of carbonyl (C=O) groups is 1. The zero-order valence-electron chi connectivity index (χ0n) is 12.8. The quantitative estimate of drug-likeness (QED) is 0.908. The number of piperidine rings is 1. The number of halogens is 1. The summed E-state index contributed by atoms with van der Waals surface area (Å²) in [5.74, 6) is 0.275. The Kier molecular flexibility index (Phi) is 4.18. The third-order valence-corrected chi connectivity index (χ3v) is 4.47. The zero-order valence-corrected chi connectivity index (χ0v) is 12.8. The summed E-state index contributed by atoms with van der Waals surface area (Å²) in [7, 11) is 0. The Bertz CT molecular complexity index is 536. The van der Waals surface area contributed by atoms with E-state index in [-0.39, 0.29) is 17.7 Å². The second-order valence-electron chi connectivity index (χ2n) is 6.51. The number of nitrogens with zero attached hydrogens (tertiary/aromatic N) is 3. The Morgan fingerprint density at radius 2 is 2.23 bits per heavy atom. The minimum Gasteiger partial charge on any atom is -0.447 e. The first-order chi connectivity index (χ1) is 10.4. The Morgan fingerprint density at radius 3 is 2.86 bits per heavy atom. The summed E-state index contributed by atoms with van der Waals surface area (Å²) in [5, 5.41) is 9.50. The van der Waals surface area contributed by atoms with Crippen LogP contribution < -0.4 is 0 Å². The average Bonchev–Trinajstić information content (AvgIpc) is 3.08. The van der Waals surface area contributed by atoms with Crippen LogP contribution in [-0.4, -0.2) is 63.7 Å². The van der Waals surface area contributed by atoms with E-state index in [2.05, 4.69) is 4.98 Å². The number of likely N-dealkylation sites (tertiary alicyclic amines) is 2. The highest BCUT2D eigenvalue weighted by molar-refractivity contribution is 5.92. The maximum Gasteiger partial charge on any atom is 0.275 e. The van der Waals surface area contributed by atoms with Crippen molar-refractivity contribution in [1.82, 2.24) is 14.8 Å². The van der Waals surface area contributed by atoms with Crippen molar-refractivity contribution in [1.29, 1.82) is 0 Å². The first-order valence-electron chi connectivity index (χ1n) is 7.76. The number of aliphatic hydroxyl groups is 1. The van der Waals surface area contributed by atoms with Gasteiger partial charge in [-0.1, -0.05) is 0 Å². The number of hydrogen-bond donors (Lipinski definition) is 1. The summed E-state index contributed by atoms with van der Waals surface area (Å²) in [6.07, 6.45) is 2.54. The maximum atomic E-state index is 13.8. The molecule has 0 aliphatic carbocycles. The molecule has 0 saturated carbocycles. The van der Waals surface area contributed by atoms with Gasteiger partial charge < -0.3 is 14.4 Å². The van der Waals surface area contributed by atoms with E-state index in [0.29, 0.717) is 44.9 Å². The summed E-state index contributed by atoms with van der Waals surface area (Å²) in [6, 6.07) is 0. The SMILES string of the molecule is CC1(F)CCN(C(=O)c2coc(CN3CCC(O)C3)n2)CC1. The third kappa shape index (κ3) is 3.47. The lowest BCUT2D eigenvalue weighted by molar-refractivity contribution is 0.0499. The molecule has 1 atom stereocenters. The van der Waals surface area contributed by atoms with Gasteiger partial charge in [-0.25, -0.2) is 9.37 Å². The van der Waals surface area contributed by atoms with E-state index in [0.717, 1.165) is 13.0 Å².